The predicted molar refractivity (Wildman–Crippen MR) is 82.9 cm³/mol. The monoisotopic (exact) mass is 299 g/mol. The lowest BCUT2D eigenvalue weighted by atomic mass is 10.1. The molecule has 0 aliphatic rings. The van der Waals surface area contributed by atoms with Crippen LogP contribution in [0, 0.1) is 0 Å². The number of fused-ring (bicyclic) bond motifs is 1. The van der Waals surface area contributed by atoms with Gasteiger partial charge in [-0.3, -0.25) is 4.72 Å². The number of benzene rings is 3. The molecule has 0 aromatic heterocycles. The molecule has 0 fully saturated rings. The summed E-state index contributed by atoms with van der Waals surface area (Å²) in [6.07, 6.45) is 0. The Balaban J connectivity index is 2.05. The Labute approximate surface area is 122 Å². The first-order chi connectivity index (χ1) is 10.1. The predicted octanol–water partition coefficient (Wildman–Crippen LogP) is 3.35. The normalized spacial score (nSPS) is 11.4. The van der Waals surface area contributed by atoms with Crippen molar-refractivity contribution in [2.75, 3.05) is 4.72 Å². The van der Waals surface area contributed by atoms with Crippen LogP contribution in [-0.2, 0) is 10.0 Å². The van der Waals surface area contributed by atoms with Gasteiger partial charge < -0.3 is 5.11 Å². The number of anilines is 1. The van der Waals surface area contributed by atoms with Crippen LogP contribution in [0.1, 0.15) is 0 Å². The standard InChI is InChI=1S/C16H13NO3S/c18-16-14-9-5-4-6-12(14)10-11-15(16)17-21(19,20)13-7-2-1-3-8-13/h1-11,17-18H. The second-order valence-electron chi connectivity index (χ2n) is 4.60. The van der Waals surface area contributed by atoms with Gasteiger partial charge in [0.1, 0.15) is 5.75 Å². The van der Waals surface area contributed by atoms with E-state index in [0.717, 1.165) is 5.39 Å². The molecule has 3 rings (SSSR count). The van der Waals surface area contributed by atoms with Gasteiger partial charge >= 0.3 is 0 Å². The highest BCUT2D eigenvalue weighted by Crippen LogP contribution is 2.33. The van der Waals surface area contributed by atoms with Crippen LogP contribution in [0.5, 0.6) is 5.75 Å². The summed E-state index contributed by atoms with van der Waals surface area (Å²) in [5.74, 6) is -0.0763. The largest absolute Gasteiger partial charge is 0.505 e. The molecule has 3 aromatic carbocycles. The van der Waals surface area contributed by atoms with Gasteiger partial charge in [-0.1, -0.05) is 48.5 Å². The van der Waals surface area contributed by atoms with Crippen LogP contribution >= 0.6 is 0 Å². The van der Waals surface area contributed by atoms with Gasteiger partial charge in [-0.25, -0.2) is 8.42 Å². The molecule has 0 unspecified atom stereocenters. The van der Waals surface area contributed by atoms with Gasteiger partial charge in [-0.05, 0) is 23.6 Å². The van der Waals surface area contributed by atoms with Gasteiger partial charge in [0.2, 0.25) is 0 Å². The van der Waals surface area contributed by atoms with Crippen molar-refractivity contribution in [3.8, 4) is 5.75 Å². The summed E-state index contributed by atoms with van der Waals surface area (Å²) < 4.78 is 27.0. The van der Waals surface area contributed by atoms with Crippen LogP contribution < -0.4 is 4.72 Å². The van der Waals surface area contributed by atoms with Crippen LogP contribution in [-0.4, -0.2) is 13.5 Å². The van der Waals surface area contributed by atoms with Crippen LogP contribution in [0.15, 0.2) is 71.6 Å². The Morgan fingerprint density at radius 2 is 1.48 bits per heavy atom. The number of rotatable bonds is 3. The molecule has 21 heavy (non-hydrogen) atoms. The van der Waals surface area contributed by atoms with Crippen LogP contribution in [0.3, 0.4) is 0 Å². The second-order valence-corrected chi connectivity index (χ2v) is 6.28. The van der Waals surface area contributed by atoms with Crippen molar-refractivity contribution in [1.29, 1.82) is 0 Å². The Morgan fingerprint density at radius 1 is 0.810 bits per heavy atom. The van der Waals surface area contributed by atoms with E-state index in [1.54, 1.807) is 42.5 Å². The summed E-state index contributed by atoms with van der Waals surface area (Å²) >= 11 is 0. The first-order valence-corrected chi connectivity index (χ1v) is 7.85. The van der Waals surface area contributed by atoms with E-state index in [1.165, 1.54) is 12.1 Å². The first-order valence-electron chi connectivity index (χ1n) is 6.36. The molecule has 5 heteroatoms. The molecule has 3 aromatic rings. The van der Waals surface area contributed by atoms with E-state index >= 15 is 0 Å². The highest BCUT2D eigenvalue weighted by atomic mass is 32.2. The lowest BCUT2D eigenvalue weighted by molar-refractivity contribution is 0.484. The van der Waals surface area contributed by atoms with E-state index in [-0.39, 0.29) is 16.3 Å². The van der Waals surface area contributed by atoms with Gasteiger partial charge in [-0.2, -0.15) is 0 Å². The zero-order valence-corrected chi connectivity index (χ0v) is 11.8. The Hall–Kier alpha value is -2.53. The number of sulfonamides is 1. The molecule has 0 amide bonds. The summed E-state index contributed by atoms with van der Waals surface area (Å²) in [6, 6.07) is 18.6. The summed E-state index contributed by atoms with van der Waals surface area (Å²) in [7, 11) is -3.71. The molecule has 4 nitrogen and oxygen atoms in total. The molecular weight excluding hydrogens is 286 g/mol. The smallest absolute Gasteiger partial charge is 0.262 e. The summed E-state index contributed by atoms with van der Waals surface area (Å²) in [5, 5.41) is 11.7. The quantitative estimate of drug-likeness (QED) is 0.729. The number of nitrogens with one attached hydrogen (secondary N) is 1. The van der Waals surface area contributed by atoms with Gasteiger partial charge in [0, 0.05) is 5.39 Å². The van der Waals surface area contributed by atoms with E-state index in [2.05, 4.69) is 4.72 Å². The number of aromatic hydroxyl groups is 1. The fourth-order valence-electron chi connectivity index (χ4n) is 2.14. The molecule has 0 atom stereocenters. The highest BCUT2D eigenvalue weighted by Gasteiger charge is 2.16. The molecule has 0 spiro atoms. The third-order valence-electron chi connectivity index (χ3n) is 3.20. The van der Waals surface area contributed by atoms with Gasteiger partial charge in [0.25, 0.3) is 10.0 Å². The SMILES string of the molecule is O=S(=O)(Nc1ccc2ccccc2c1O)c1ccccc1. The molecule has 106 valence electrons. The van der Waals surface area contributed by atoms with Crippen LogP contribution in [0.4, 0.5) is 5.69 Å². The van der Waals surface area contributed by atoms with Crippen molar-refractivity contribution in [3.63, 3.8) is 0 Å². The van der Waals surface area contributed by atoms with E-state index < -0.39 is 10.0 Å². The molecule has 0 heterocycles. The maximum Gasteiger partial charge on any atom is 0.262 e. The maximum absolute atomic E-state index is 12.3. The van der Waals surface area contributed by atoms with Gasteiger partial charge in [0.05, 0.1) is 10.6 Å². The summed E-state index contributed by atoms with van der Waals surface area (Å²) in [4.78, 5) is 0.151. The summed E-state index contributed by atoms with van der Waals surface area (Å²) in [5.41, 5.74) is 0.164. The lowest BCUT2D eigenvalue weighted by Crippen LogP contribution is -2.12. The van der Waals surface area contributed by atoms with E-state index in [0.29, 0.717) is 5.39 Å². The van der Waals surface area contributed by atoms with Crippen molar-refractivity contribution in [1.82, 2.24) is 0 Å². The first kappa shape index (κ1) is 13.5. The molecule has 2 N–H and O–H groups in total. The topological polar surface area (TPSA) is 66.4 Å². The van der Waals surface area contributed by atoms with Crippen LogP contribution in [0.2, 0.25) is 0 Å². The van der Waals surface area contributed by atoms with Crippen molar-refractivity contribution >= 4 is 26.5 Å². The minimum Gasteiger partial charge on any atom is -0.505 e. The number of hydrogen-bond donors (Lipinski definition) is 2. The van der Waals surface area contributed by atoms with Crippen molar-refractivity contribution in [2.45, 2.75) is 4.90 Å². The van der Waals surface area contributed by atoms with Crippen molar-refractivity contribution in [3.05, 3.63) is 66.7 Å². The molecular formula is C16H13NO3S. The third kappa shape index (κ3) is 2.55. The Bertz CT molecular complexity index is 890. The molecule has 0 aliphatic carbocycles. The number of phenols is 1. The van der Waals surface area contributed by atoms with E-state index in [1.807, 2.05) is 12.1 Å². The Morgan fingerprint density at radius 3 is 2.24 bits per heavy atom. The molecule has 0 aliphatic heterocycles. The van der Waals surface area contributed by atoms with Crippen molar-refractivity contribution in [2.24, 2.45) is 0 Å². The maximum atomic E-state index is 12.3. The molecule has 0 saturated heterocycles. The molecule has 0 radical (unpaired) electrons. The minimum absolute atomic E-state index is 0.0763. The lowest BCUT2D eigenvalue weighted by Gasteiger charge is -2.11. The zero-order chi connectivity index (χ0) is 14.9. The van der Waals surface area contributed by atoms with Crippen LogP contribution in [0.25, 0.3) is 10.8 Å². The van der Waals surface area contributed by atoms with E-state index in [9.17, 15) is 13.5 Å². The highest BCUT2D eigenvalue weighted by molar-refractivity contribution is 7.92. The Kier molecular flexibility index (Phi) is 3.27. The molecule has 0 bridgehead atoms. The minimum atomic E-state index is -3.71. The fraction of sp³-hybridized carbons (Fsp3) is 0. The molecule has 0 saturated carbocycles. The van der Waals surface area contributed by atoms with E-state index in [4.69, 9.17) is 0 Å². The van der Waals surface area contributed by atoms with Crippen molar-refractivity contribution < 1.29 is 13.5 Å². The van der Waals surface area contributed by atoms with Gasteiger partial charge in [-0.15, -0.1) is 0 Å². The zero-order valence-electron chi connectivity index (χ0n) is 11.0. The number of phenolic OH excluding ortho intramolecular Hbond substituents is 1. The average Bonchev–Trinajstić information content (AvgIpc) is 2.51. The second kappa shape index (κ2) is 5.10. The third-order valence-corrected chi connectivity index (χ3v) is 4.58. The van der Waals surface area contributed by atoms with Gasteiger partial charge in [0.15, 0.2) is 0 Å². The average molecular weight is 299 g/mol. The summed E-state index contributed by atoms with van der Waals surface area (Å²) in [6.45, 7) is 0. The fourth-order valence-corrected chi connectivity index (χ4v) is 3.23. The number of hydrogen-bond acceptors (Lipinski definition) is 3.